The highest BCUT2D eigenvalue weighted by Gasteiger charge is 2.23. The molecule has 1 aromatic rings. The van der Waals surface area contributed by atoms with Gasteiger partial charge in [-0.05, 0) is 59.7 Å². The largest absolute Gasteiger partial charge is 0.336 e. The van der Waals surface area contributed by atoms with Crippen LogP contribution in [0.3, 0.4) is 0 Å². The fourth-order valence-electron chi connectivity index (χ4n) is 2.45. The Kier molecular flexibility index (Phi) is 6.50. The number of piperazine rings is 1. The molecule has 0 spiro atoms. The van der Waals surface area contributed by atoms with Crippen LogP contribution in [0.1, 0.15) is 30.6 Å². The van der Waals surface area contributed by atoms with E-state index in [0.29, 0.717) is 0 Å². The predicted molar refractivity (Wildman–Crippen MR) is 98.7 cm³/mol. The molecule has 1 saturated heterocycles. The fraction of sp³-hybridized carbons (Fsp3) is 0.562. The van der Waals surface area contributed by atoms with Gasteiger partial charge in [-0.25, -0.2) is 0 Å². The highest BCUT2D eigenvalue weighted by atomic mass is 127. The van der Waals surface area contributed by atoms with E-state index in [2.05, 4.69) is 57.3 Å². The third-order valence-corrected chi connectivity index (χ3v) is 5.27. The van der Waals surface area contributed by atoms with Crippen LogP contribution in [0.25, 0.3) is 0 Å². The molecule has 5 heteroatoms. The van der Waals surface area contributed by atoms with Gasteiger partial charge in [-0.3, -0.25) is 9.69 Å². The minimum absolute atomic E-state index is 0.157. The zero-order chi connectivity index (χ0) is 15.4. The number of hydrogen-bond acceptors (Lipinski definition) is 2. The van der Waals surface area contributed by atoms with Gasteiger partial charge < -0.3 is 4.90 Å². The molecule has 116 valence electrons. The van der Waals surface area contributed by atoms with Crippen molar-refractivity contribution in [2.75, 3.05) is 32.7 Å². The van der Waals surface area contributed by atoms with Crippen molar-refractivity contribution >= 4 is 44.4 Å². The normalized spacial score (nSPS) is 16.5. The summed E-state index contributed by atoms with van der Waals surface area (Å²) in [6, 6.07) is 5.88. The Morgan fingerprint density at radius 3 is 2.57 bits per heavy atom. The van der Waals surface area contributed by atoms with Crippen LogP contribution in [0.2, 0.25) is 0 Å². The molecule has 0 aromatic heterocycles. The van der Waals surface area contributed by atoms with Crippen LogP contribution in [0, 0.1) is 9.49 Å². The lowest BCUT2D eigenvalue weighted by Gasteiger charge is -2.35. The Morgan fingerprint density at radius 2 is 1.95 bits per heavy atom. The van der Waals surface area contributed by atoms with Crippen molar-refractivity contribution in [3.05, 3.63) is 31.8 Å². The van der Waals surface area contributed by atoms with Gasteiger partial charge in [0.25, 0.3) is 5.91 Å². The van der Waals surface area contributed by atoms with Gasteiger partial charge in [-0.15, -0.1) is 0 Å². The molecule has 21 heavy (non-hydrogen) atoms. The SMILES string of the molecule is CC(C)CCN1CCN(C(=O)c2cc(Br)ccc2I)CC1. The maximum atomic E-state index is 12.6. The van der Waals surface area contributed by atoms with E-state index in [9.17, 15) is 4.79 Å². The van der Waals surface area contributed by atoms with E-state index in [1.807, 2.05) is 23.1 Å². The molecule has 1 aliphatic heterocycles. The topological polar surface area (TPSA) is 23.6 Å². The molecule has 0 unspecified atom stereocenters. The number of benzene rings is 1. The summed E-state index contributed by atoms with van der Waals surface area (Å²) in [5.74, 6) is 0.900. The summed E-state index contributed by atoms with van der Waals surface area (Å²) in [5.41, 5.74) is 0.806. The van der Waals surface area contributed by atoms with E-state index in [-0.39, 0.29) is 5.91 Å². The Labute approximate surface area is 149 Å². The van der Waals surface area contributed by atoms with Crippen molar-refractivity contribution in [3.63, 3.8) is 0 Å². The summed E-state index contributed by atoms with van der Waals surface area (Å²) in [6.07, 6.45) is 1.23. The lowest BCUT2D eigenvalue weighted by Crippen LogP contribution is -2.49. The third kappa shape index (κ3) is 4.93. The summed E-state index contributed by atoms with van der Waals surface area (Å²) >= 11 is 5.68. The predicted octanol–water partition coefficient (Wildman–Crippen LogP) is 3.86. The van der Waals surface area contributed by atoms with Gasteiger partial charge in [0.15, 0.2) is 0 Å². The number of nitrogens with zero attached hydrogens (tertiary/aromatic N) is 2. The van der Waals surface area contributed by atoms with Gasteiger partial charge >= 0.3 is 0 Å². The molecule has 3 nitrogen and oxygen atoms in total. The Bertz CT molecular complexity index is 499. The van der Waals surface area contributed by atoms with Gasteiger partial charge in [0.1, 0.15) is 0 Å². The molecule has 0 saturated carbocycles. The highest BCUT2D eigenvalue weighted by molar-refractivity contribution is 14.1. The van der Waals surface area contributed by atoms with Crippen LogP contribution in [0.5, 0.6) is 0 Å². The van der Waals surface area contributed by atoms with Crippen LogP contribution >= 0.6 is 38.5 Å². The Hall–Kier alpha value is -0.140. The number of carbonyl (C=O) groups is 1. The second kappa shape index (κ2) is 7.92. The van der Waals surface area contributed by atoms with E-state index in [0.717, 1.165) is 52.2 Å². The molecule has 0 N–H and O–H groups in total. The van der Waals surface area contributed by atoms with Crippen molar-refractivity contribution in [1.82, 2.24) is 9.80 Å². The maximum Gasteiger partial charge on any atom is 0.255 e. The van der Waals surface area contributed by atoms with Crippen molar-refractivity contribution in [2.45, 2.75) is 20.3 Å². The quantitative estimate of drug-likeness (QED) is 0.631. The van der Waals surface area contributed by atoms with E-state index in [4.69, 9.17) is 0 Å². The monoisotopic (exact) mass is 464 g/mol. The summed E-state index contributed by atoms with van der Waals surface area (Å²) in [7, 11) is 0. The molecule has 0 radical (unpaired) electrons. The Morgan fingerprint density at radius 1 is 1.29 bits per heavy atom. The van der Waals surface area contributed by atoms with Crippen molar-refractivity contribution in [1.29, 1.82) is 0 Å². The van der Waals surface area contributed by atoms with Crippen LogP contribution < -0.4 is 0 Å². The summed E-state index contributed by atoms with van der Waals surface area (Å²) in [4.78, 5) is 17.1. The molecular formula is C16H22BrIN2O. The van der Waals surface area contributed by atoms with Crippen LogP contribution in [0.15, 0.2) is 22.7 Å². The molecule has 1 heterocycles. The average molecular weight is 465 g/mol. The van der Waals surface area contributed by atoms with Crippen LogP contribution in [0.4, 0.5) is 0 Å². The molecule has 1 fully saturated rings. The van der Waals surface area contributed by atoms with Gasteiger partial charge in [0, 0.05) is 34.2 Å². The average Bonchev–Trinajstić information content (AvgIpc) is 2.47. The van der Waals surface area contributed by atoms with Crippen molar-refractivity contribution in [3.8, 4) is 0 Å². The zero-order valence-electron chi connectivity index (χ0n) is 12.6. The summed E-state index contributed by atoms with van der Waals surface area (Å²) in [6.45, 7) is 9.31. The molecule has 1 aromatic carbocycles. The summed E-state index contributed by atoms with van der Waals surface area (Å²) in [5, 5.41) is 0. The smallest absolute Gasteiger partial charge is 0.255 e. The molecule has 0 bridgehead atoms. The number of amides is 1. The van der Waals surface area contributed by atoms with Gasteiger partial charge in [-0.1, -0.05) is 29.8 Å². The lowest BCUT2D eigenvalue weighted by atomic mass is 10.1. The van der Waals surface area contributed by atoms with E-state index in [1.54, 1.807) is 0 Å². The second-order valence-electron chi connectivity index (χ2n) is 5.94. The minimum atomic E-state index is 0.157. The molecule has 0 atom stereocenters. The molecule has 1 amide bonds. The first-order valence-electron chi connectivity index (χ1n) is 7.44. The molecule has 1 aliphatic rings. The van der Waals surface area contributed by atoms with Gasteiger partial charge in [-0.2, -0.15) is 0 Å². The van der Waals surface area contributed by atoms with Crippen LogP contribution in [-0.4, -0.2) is 48.4 Å². The summed E-state index contributed by atoms with van der Waals surface area (Å²) < 4.78 is 1.98. The minimum Gasteiger partial charge on any atom is -0.336 e. The standard InChI is InChI=1S/C16H22BrIN2O/c1-12(2)5-6-19-7-9-20(10-8-19)16(21)14-11-13(17)3-4-15(14)18/h3-4,11-12H,5-10H2,1-2H3. The first-order chi connectivity index (χ1) is 9.97. The van der Waals surface area contributed by atoms with E-state index >= 15 is 0 Å². The number of rotatable bonds is 4. The number of hydrogen-bond donors (Lipinski definition) is 0. The number of halogens is 2. The first kappa shape index (κ1) is 17.2. The highest BCUT2D eigenvalue weighted by Crippen LogP contribution is 2.20. The molecule has 2 rings (SSSR count). The van der Waals surface area contributed by atoms with Crippen LogP contribution in [-0.2, 0) is 0 Å². The Balaban J connectivity index is 1.92. The fourth-order valence-corrected chi connectivity index (χ4v) is 3.37. The lowest BCUT2D eigenvalue weighted by molar-refractivity contribution is 0.0630. The zero-order valence-corrected chi connectivity index (χ0v) is 16.4. The molecule has 0 aliphatic carbocycles. The molecular weight excluding hydrogens is 443 g/mol. The third-order valence-electron chi connectivity index (χ3n) is 3.84. The second-order valence-corrected chi connectivity index (χ2v) is 8.02. The van der Waals surface area contributed by atoms with Gasteiger partial charge in [0.05, 0.1) is 5.56 Å². The number of carbonyl (C=O) groups excluding carboxylic acids is 1. The van der Waals surface area contributed by atoms with E-state index < -0.39 is 0 Å². The maximum absolute atomic E-state index is 12.6. The van der Waals surface area contributed by atoms with Gasteiger partial charge in [0.2, 0.25) is 0 Å². The van der Waals surface area contributed by atoms with E-state index in [1.165, 1.54) is 6.42 Å². The van der Waals surface area contributed by atoms with Crippen molar-refractivity contribution in [2.24, 2.45) is 5.92 Å². The van der Waals surface area contributed by atoms with Crippen molar-refractivity contribution < 1.29 is 4.79 Å². The first-order valence-corrected chi connectivity index (χ1v) is 9.31.